The van der Waals surface area contributed by atoms with Crippen LogP contribution in [0, 0.1) is 6.92 Å². The lowest BCUT2D eigenvalue weighted by Gasteiger charge is -2.23. The summed E-state index contributed by atoms with van der Waals surface area (Å²) in [5, 5.41) is 4.32. The molecule has 0 unspecified atom stereocenters. The highest BCUT2D eigenvalue weighted by Gasteiger charge is 2.22. The number of hydrogen-bond acceptors (Lipinski definition) is 3. The Bertz CT molecular complexity index is 370. The van der Waals surface area contributed by atoms with E-state index in [1.807, 2.05) is 6.92 Å². The van der Waals surface area contributed by atoms with Gasteiger partial charge in [0.1, 0.15) is 5.69 Å². The number of ether oxygens (including phenoxy) is 1. The molecule has 2 heterocycles. The molecule has 0 saturated carbocycles. The van der Waals surface area contributed by atoms with E-state index in [1.165, 1.54) is 0 Å². The molecule has 4 nitrogen and oxygen atoms in total. The van der Waals surface area contributed by atoms with E-state index < -0.39 is 0 Å². The molecule has 1 saturated heterocycles. The topological polar surface area (TPSA) is 44.1 Å². The lowest BCUT2D eigenvalue weighted by molar-refractivity contribution is -0.0404. The van der Waals surface area contributed by atoms with Crippen molar-refractivity contribution < 1.29 is 9.53 Å². The van der Waals surface area contributed by atoms with Crippen LogP contribution in [0.25, 0.3) is 0 Å². The highest BCUT2D eigenvalue weighted by molar-refractivity contribution is 9.10. The van der Waals surface area contributed by atoms with Crippen LogP contribution in [0.3, 0.4) is 0 Å². The zero-order valence-corrected chi connectivity index (χ0v) is 10.2. The third kappa shape index (κ3) is 1.99. The molecule has 1 atom stereocenters. The molecule has 0 amide bonds. The number of aromatic nitrogens is 2. The van der Waals surface area contributed by atoms with Gasteiger partial charge >= 0.3 is 0 Å². The Morgan fingerprint density at radius 3 is 3.00 bits per heavy atom. The molecule has 0 N–H and O–H groups in total. The van der Waals surface area contributed by atoms with Crippen molar-refractivity contribution in [1.29, 1.82) is 0 Å². The van der Waals surface area contributed by atoms with E-state index in [2.05, 4.69) is 21.0 Å². The third-order valence-corrected chi connectivity index (χ3v) is 3.57. The SMILES string of the molecule is Cc1nn([C@@H]2CCCCO2)c(C=O)c1Br. The summed E-state index contributed by atoms with van der Waals surface area (Å²) in [6.07, 6.45) is 3.88. The lowest BCUT2D eigenvalue weighted by Crippen LogP contribution is -2.21. The third-order valence-electron chi connectivity index (χ3n) is 2.59. The van der Waals surface area contributed by atoms with E-state index in [4.69, 9.17) is 4.74 Å². The van der Waals surface area contributed by atoms with Crippen molar-refractivity contribution in [3.05, 3.63) is 15.9 Å². The fourth-order valence-corrected chi connectivity index (χ4v) is 2.14. The molecular formula is C10H13BrN2O2. The van der Waals surface area contributed by atoms with Crippen LogP contribution in [0.4, 0.5) is 0 Å². The van der Waals surface area contributed by atoms with Gasteiger partial charge in [-0.15, -0.1) is 0 Å². The summed E-state index contributed by atoms with van der Waals surface area (Å²) in [5.74, 6) is 0. The molecule has 0 radical (unpaired) electrons. The van der Waals surface area contributed by atoms with Gasteiger partial charge in [0, 0.05) is 6.61 Å². The molecule has 0 spiro atoms. The maximum Gasteiger partial charge on any atom is 0.169 e. The predicted molar refractivity (Wildman–Crippen MR) is 58.9 cm³/mol. The van der Waals surface area contributed by atoms with Crippen LogP contribution >= 0.6 is 15.9 Å². The van der Waals surface area contributed by atoms with Crippen molar-refractivity contribution in [3.8, 4) is 0 Å². The Morgan fingerprint density at radius 2 is 2.40 bits per heavy atom. The van der Waals surface area contributed by atoms with Crippen LogP contribution in [-0.2, 0) is 4.74 Å². The molecule has 1 aromatic rings. The van der Waals surface area contributed by atoms with Gasteiger partial charge in [-0.3, -0.25) is 4.79 Å². The van der Waals surface area contributed by atoms with Crippen LogP contribution in [0.1, 0.15) is 41.7 Å². The Labute approximate surface area is 96.7 Å². The van der Waals surface area contributed by atoms with Crippen molar-refractivity contribution in [2.75, 3.05) is 6.61 Å². The predicted octanol–water partition coefficient (Wildman–Crippen LogP) is 2.47. The highest BCUT2D eigenvalue weighted by Crippen LogP contribution is 2.27. The van der Waals surface area contributed by atoms with E-state index in [-0.39, 0.29) is 6.23 Å². The summed E-state index contributed by atoms with van der Waals surface area (Å²) >= 11 is 3.36. The number of hydrogen-bond donors (Lipinski definition) is 0. The smallest absolute Gasteiger partial charge is 0.169 e. The van der Waals surface area contributed by atoms with E-state index in [1.54, 1.807) is 4.68 Å². The van der Waals surface area contributed by atoms with Gasteiger partial charge in [-0.05, 0) is 42.1 Å². The molecule has 1 aliphatic rings. The van der Waals surface area contributed by atoms with Crippen molar-refractivity contribution in [2.24, 2.45) is 0 Å². The quantitative estimate of drug-likeness (QED) is 0.777. The van der Waals surface area contributed by atoms with E-state index in [0.29, 0.717) is 5.69 Å². The Morgan fingerprint density at radius 1 is 1.60 bits per heavy atom. The minimum atomic E-state index is -0.0797. The number of halogens is 1. The Hall–Kier alpha value is -0.680. The fraction of sp³-hybridized carbons (Fsp3) is 0.600. The van der Waals surface area contributed by atoms with Gasteiger partial charge in [-0.2, -0.15) is 5.10 Å². The maximum absolute atomic E-state index is 11.0. The van der Waals surface area contributed by atoms with Crippen molar-refractivity contribution in [3.63, 3.8) is 0 Å². The lowest BCUT2D eigenvalue weighted by atomic mass is 10.2. The van der Waals surface area contributed by atoms with Gasteiger partial charge in [0.2, 0.25) is 0 Å². The first-order chi connectivity index (χ1) is 7.24. The summed E-state index contributed by atoms with van der Waals surface area (Å²) in [4.78, 5) is 11.0. The van der Waals surface area contributed by atoms with Gasteiger partial charge in [-0.1, -0.05) is 0 Å². The minimum Gasteiger partial charge on any atom is -0.356 e. The molecule has 1 fully saturated rings. The Balaban J connectivity index is 2.33. The van der Waals surface area contributed by atoms with E-state index >= 15 is 0 Å². The largest absolute Gasteiger partial charge is 0.356 e. The summed E-state index contributed by atoms with van der Waals surface area (Å²) in [7, 11) is 0. The van der Waals surface area contributed by atoms with Crippen molar-refractivity contribution in [2.45, 2.75) is 32.4 Å². The van der Waals surface area contributed by atoms with Gasteiger partial charge in [0.25, 0.3) is 0 Å². The second kappa shape index (κ2) is 4.45. The number of aryl methyl sites for hydroxylation is 1. The molecular weight excluding hydrogens is 260 g/mol. The van der Waals surface area contributed by atoms with Gasteiger partial charge in [0.05, 0.1) is 10.2 Å². The van der Waals surface area contributed by atoms with E-state index in [9.17, 15) is 4.79 Å². The standard InChI is InChI=1S/C10H13BrN2O2/c1-7-10(11)8(6-14)13(12-7)9-4-2-3-5-15-9/h6,9H,2-5H2,1H3/t9-/m0/s1. The Kier molecular flexibility index (Phi) is 3.21. The monoisotopic (exact) mass is 272 g/mol. The fourth-order valence-electron chi connectivity index (χ4n) is 1.79. The highest BCUT2D eigenvalue weighted by atomic mass is 79.9. The summed E-state index contributed by atoms with van der Waals surface area (Å²) in [6.45, 7) is 2.62. The molecule has 2 rings (SSSR count). The van der Waals surface area contributed by atoms with E-state index in [0.717, 1.165) is 42.3 Å². The number of aldehydes is 1. The first-order valence-corrected chi connectivity index (χ1v) is 5.84. The zero-order chi connectivity index (χ0) is 10.8. The van der Waals surface area contributed by atoms with Gasteiger partial charge in [-0.25, -0.2) is 4.68 Å². The van der Waals surface area contributed by atoms with Gasteiger partial charge in [0.15, 0.2) is 12.5 Å². The molecule has 15 heavy (non-hydrogen) atoms. The minimum absolute atomic E-state index is 0.0797. The normalized spacial score (nSPS) is 21.6. The first kappa shape index (κ1) is 10.8. The number of rotatable bonds is 2. The molecule has 5 heteroatoms. The van der Waals surface area contributed by atoms with Crippen molar-refractivity contribution >= 4 is 22.2 Å². The zero-order valence-electron chi connectivity index (χ0n) is 8.57. The number of carbonyl (C=O) groups excluding carboxylic acids is 1. The number of carbonyl (C=O) groups is 1. The van der Waals surface area contributed by atoms with Crippen LogP contribution < -0.4 is 0 Å². The average Bonchev–Trinajstić information content (AvgIpc) is 2.56. The summed E-state index contributed by atoms with van der Waals surface area (Å²) in [5.41, 5.74) is 1.39. The van der Waals surface area contributed by atoms with Crippen LogP contribution in [0.15, 0.2) is 4.47 Å². The molecule has 82 valence electrons. The number of nitrogens with zero attached hydrogens (tertiary/aromatic N) is 2. The molecule has 1 aromatic heterocycles. The van der Waals surface area contributed by atoms with Gasteiger partial charge < -0.3 is 4.74 Å². The van der Waals surface area contributed by atoms with Crippen LogP contribution in [0.2, 0.25) is 0 Å². The molecule has 1 aliphatic heterocycles. The summed E-state index contributed by atoms with van der Waals surface area (Å²) in [6, 6.07) is 0. The molecule has 0 bridgehead atoms. The second-order valence-electron chi connectivity index (χ2n) is 3.67. The second-order valence-corrected chi connectivity index (χ2v) is 4.46. The summed E-state index contributed by atoms with van der Waals surface area (Å²) < 4.78 is 8.05. The van der Waals surface area contributed by atoms with Crippen molar-refractivity contribution in [1.82, 2.24) is 9.78 Å². The van der Waals surface area contributed by atoms with Crippen LogP contribution in [0.5, 0.6) is 0 Å². The maximum atomic E-state index is 11.0. The average molecular weight is 273 g/mol. The molecule has 0 aromatic carbocycles. The van der Waals surface area contributed by atoms with Crippen LogP contribution in [-0.4, -0.2) is 22.7 Å². The first-order valence-electron chi connectivity index (χ1n) is 5.05. The molecule has 0 aliphatic carbocycles.